The lowest BCUT2D eigenvalue weighted by Crippen LogP contribution is -2.34. The first-order valence-electron chi connectivity index (χ1n) is 6.33. The van der Waals surface area contributed by atoms with E-state index in [4.69, 9.17) is 0 Å². The van der Waals surface area contributed by atoms with E-state index >= 15 is 0 Å². The van der Waals surface area contributed by atoms with Crippen LogP contribution >= 0.6 is 0 Å². The second-order valence-electron chi connectivity index (χ2n) is 5.12. The average molecular weight is 219 g/mol. The maximum atomic E-state index is 13.1. The van der Waals surface area contributed by atoms with Gasteiger partial charge in [-0.3, -0.25) is 0 Å². The van der Waals surface area contributed by atoms with Crippen LogP contribution in [0.5, 0.6) is 0 Å². The lowest BCUT2D eigenvalue weighted by atomic mass is 9.79. The molecule has 1 aliphatic heterocycles. The standard InChI is InChI=1S/C14H18FN/c15-13-6-5-10-8-12(4-3-11(10)9-13)14-2-1-7-16-14/h5-6,9,12,14,16H,1-4,7-8H2. The minimum absolute atomic E-state index is 0.0869. The van der Waals surface area contributed by atoms with Gasteiger partial charge < -0.3 is 5.32 Å². The highest BCUT2D eigenvalue weighted by molar-refractivity contribution is 5.30. The summed E-state index contributed by atoms with van der Waals surface area (Å²) in [7, 11) is 0. The third-order valence-electron chi connectivity index (χ3n) is 4.10. The number of nitrogens with one attached hydrogen (secondary N) is 1. The quantitative estimate of drug-likeness (QED) is 0.765. The van der Waals surface area contributed by atoms with Gasteiger partial charge in [0.1, 0.15) is 5.82 Å². The first-order chi connectivity index (χ1) is 7.83. The van der Waals surface area contributed by atoms with Gasteiger partial charge in [-0.1, -0.05) is 6.07 Å². The maximum Gasteiger partial charge on any atom is 0.123 e. The number of hydrogen-bond donors (Lipinski definition) is 1. The molecule has 1 aromatic rings. The van der Waals surface area contributed by atoms with Crippen LogP contribution in [0, 0.1) is 11.7 Å². The fraction of sp³-hybridized carbons (Fsp3) is 0.571. The zero-order valence-electron chi connectivity index (χ0n) is 9.51. The van der Waals surface area contributed by atoms with Crippen molar-refractivity contribution in [1.82, 2.24) is 5.32 Å². The molecule has 1 fully saturated rings. The van der Waals surface area contributed by atoms with Gasteiger partial charge >= 0.3 is 0 Å². The number of halogens is 1. The van der Waals surface area contributed by atoms with Gasteiger partial charge in [0.25, 0.3) is 0 Å². The van der Waals surface area contributed by atoms with E-state index in [9.17, 15) is 4.39 Å². The summed E-state index contributed by atoms with van der Waals surface area (Å²) < 4.78 is 13.1. The van der Waals surface area contributed by atoms with Gasteiger partial charge in [0, 0.05) is 6.04 Å². The highest BCUT2D eigenvalue weighted by Gasteiger charge is 2.28. The zero-order valence-corrected chi connectivity index (χ0v) is 9.51. The topological polar surface area (TPSA) is 12.0 Å². The minimum Gasteiger partial charge on any atom is -0.314 e. The second kappa shape index (κ2) is 4.17. The Hall–Kier alpha value is -0.890. The van der Waals surface area contributed by atoms with E-state index in [1.165, 1.54) is 36.9 Å². The van der Waals surface area contributed by atoms with Crippen LogP contribution < -0.4 is 5.32 Å². The molecule has 1 heterocycles. The van der Waals surface area contributed by atoms with Crippen LogP contribution in [0.3, 0.4) is 0 Å². The zero-order chi connectivity index (χ0) is 11.0. The molecule has 0 bridgehead atoms. The Morgan fingerprint density at radius 3 is 2.94 bits per heavy atom. The summed E-state index contributed by atoms with van der Waals surface area (Å²) in [6, 6.07) is 6.00. The number of aryl methyl sites for hydroxylation is 1. The lowest BCUT2D eigenvalue weighted by molar-refractivity contribution is 0.349. The van der Waals surface area contributed by atoms with Crippen molar-refractivity contribution in [1.29, 1.82) is 0 Å². The van der Waals surface area contributed by atoms with Crippen molar-refractivity contribution in [2.24, 2.45) is 5.92 Å². The van der Waals surface area contributed by atoms with Crippen molar-refractivity contribution < 1.29 is 4.39 Å². The smallest absolute Gasteiger partial charge is 0.123 e. The summed E-state index contributed by atoms with van der Waals surface area (Å²) >= 11 is 0. The van der Waals surface area contributed by atoms with Crippen molar-refractivity contribution in [3.8, 4) is 0 Å². The average Bonchev–Trinajstić information content (AvgIpc) is 2.82. The third-order valence-corrected chi connectivity index (χ3v) is 4.10. The SMILES string of the molecule is Fc1ccc2c(c1)CCC(C1CCCN1)C2. The summed E-state index contributed by atoms with van der Waals surface area (Å²) in [5.74, 6) is 0.677. The molecule has 2 heteroatoms. The molecule has 1 nitrogen and oxygen atoms in total. The van der Waals surface area contributed by atoms with Crippen LogP contribution in [0.1, 0.15) is 30.4 Å². The van der Waals surface area contributed by atoms with Crippen LogP contribution in [-0.4, -0.2) is 12.6 Å². The van der Waals surface area contributed by atoms with E-state index < -0.39 is 0 Å². The predicted octanol–water partition coefficient (Wildman–Crippen LogP) is 2.68. The van der Waals surface area contributed by atoms with Gasteiger partial charge in [0.15, 0.2) is 0 Å². The number of benzene rings is 1. The molecule has 16 heavy (non-hydrogen) atoms. The van der Waals surface area contributed by atoms with E-state index in [1.807, 2.05) is 6.07 Å². The van der Waals surface area contributed by atoms with Crippen molar-refractivity contribution >= 4 is 0 Å². The van der Waals surface area contributed by atoms with Crippen LogP contribution in [-0.2, 0) is 12.8 Å². The Morgan fingerprint density at radius 2 is 2.12 bits per heavy atom. The molecular weight excluding hydrogens is 201 g/mol. The highest BCUT2D eigenvalue weighted by Crippen LogP contribution is 2.30. The number of hydrogen-bond acceptors (Lipinski definition) is 1. The van der Waals surface area contributed by atoms with Crippen molar-refractivity contribution in [2.75, 3.05) is 6.54 Å². The highest BCUT2D eigenvalue weighted by atomic mass is 19.1. The molecular formula is C14H18FN. The predicted molar refractivity (Wildman–Crippen MR) is 62.9 cm³/mol. The fourth-order valence-corrected chi connectivity index (χ4v) is 3.21. The summed E-state index contributed by atoms with van der Waals surface area (Å²) in [5.41, 5.74) is 2.60. The molecule has 0 saturated carbocycles. The molecule has 1 aliphatic carbocycles. The van der Waals surface area contributed by atoms with Gasteiger partial charge in [-0.15, -0.1) is 0 Å². The Balaban J connectivity index is 1.78. The number of fused-ring (bicyclic) bond motifs is 1. The van der Waals surface area contributed by atoms with E-state index in [-0.39, 0.29) is 5.82 Å². The van der Waals surface area contributed by atoms with E-state index in [1.54, 1.807) is 12.1 Å². The Bertz CT molecular complexity index is 382. The van der Waals surface area contributed by atoms with Crippen LogP contribution in [0.15, 0.2) is 18.2 Å². The maximum absolute atomic E-state index is 13.1. The Labute approximate surface area is 96.1 Å². The largest absolute Gasteiger partial charge is 0.314 e. The Kier molecular flexibility index (Phi) is 2.68. The van der Waals surface area contributed by atoms with Gasteiger partial charge in [-0.05, 0) is 67.8 Å². The molecule has 0 amide bonds. The Morgan fingerprint density at radius 1 is 1.19 bits per heavy atom. The van der Waals surface area contributed by atoms with Crippen molar-refractivity contribution in [3.05, 3.63) is 35.1 Å². The molecule has 0 spiro atoms. The first kappa shape index (κ1) is 10.3. The molecule has 86 valence electrons. The third kappa shape index (κ3) is 1.86. The second-order valence-corrected chi connectivity index (χ2v) is 5.12. The minimum atomic E-state index is -0.0869. The lowest BCUT2D eigenvalue weighted by Gasteiger charge is -2.29. The van der Waals surface area contributed by atoms with Gasteiger partial charge in [-0.25, -0.2) is 4.39 Å². The molecule has 2 atom stereocenters. The molecule has 3 rings (SSSR count). The first-order valence-corrected chi connectivity index (χ1v) is 6.33. The van der Waals surface area contributed by atoms with Crippen molar-refractivity contribution in [2.45, 2.75) is 38.1 Å². The molecule has 2 unspecified atom stereocenters. The van der Waals surface area contributed by atoms with Gasteiger partial charge in [-0.2, -0.15) is 0 Å². The summed E-state index contributed by atoms with van der Waals surface area (Å²) in [5, 5.41) is 3.59. The van der Waals surface area contributed by atoms with Crippen LogP contribution in [0.25, 0.3) is 0 Å². The van der Waals surface area contributed by atoms with Crippen molar-refractivity contribution in [3.63, 3.8) is 0 Å². The van der Waals surface area contributed by atoms with E-state index in [2.05, 4.69) is 5.32 Å². The van der Waals surface area contributed by atoms with E-state index in [0.717, 1.165) is 18.8 Å². The van der Waals surface area contributed by atoms with Crippen LogP contribution in [0.2, 0.25) is 0 Å². The molecule has 1 aromatic carbocycles. The summed E-state index contributed by atoms with van der Waals surface area (Å²) in [6.45, 7) is 1.18. The van der Waals surface area contributed by atoms with Gasteiger partial charge in [0.05, 0.1) is 0 Å². The summed E-state index contributed by atoms with van der Waals surface area (Å²) in [4.78, 5) is 0. The van der Waals surface area contributed by atoms with Crippen LogP contribution in [0.4, 0.5) is 4.39 Å². The molecule has 2 aliphatic rings. The monoisotopic (exact) mass is 219 g/mol. The van der Waals surface area contributed by atoms with E-state index in [0.29, 0.717) is 6.04 Å². The molecule has 0 radical (unpaired) electrons. The normalized spacial score (nSPS) is 29.1. The molecule has 0 aromatic heterocycles. The number of rotatable bonds is 1. The van der Waals surface area contributed by atoms with Gasteiger partial charge in [0.2, 0.25) is 0 Å². The molecule has 1 saturated heterocycles. The fourth-order valence-electron chi connectivity index (χ4n) is 3.21. The molecule has 1 N–H and O–H groups in total. The summed E-state index contributed by atoms with van der Waals surface area (Å²) in [6.07, 6.45) is 6.04.